The minimum atomic E-state index is -0.222. The molecule has 7 heteroatoms. The van der Waals surface area contributed by atoms with E-state index in [0.717, 1.165) is 33.2 Å². The highest BCUT2D eigenvalue weighted by Gasteiger charge is 2.14. The van der Waals surface area contributed by atoms with Crippen molar-refractivity contribution in [2.75, 3.05) is 19.8 Å². The van der Waals surface area contributed by atoms with Gasteiger partial charge >= 0.3 is 5.97 Å². The second kappa shape index (κ2) is 12.3. The second-order valence-corrected chi connectivity index (χ2v) is 9.13. The molecular weight excluding hydrogens is 460 g/mol. The Labute approximate surface area is 210 Å². The SMILES string of the molecule is CCOC(=O)CN(Cc1ccccc1)Cc1cccc(OCCc2nc(-c3cccs3)oc2C)c1. The fourth-order valence-electron chi connectivity index (χ4n) is 3.82. The van der Waals surface area contributed by atoms with Crippen LogP contribution in [-0.2, 0) is 29.0 Å². The van der Waals surface area contributed by atoms with Gasteiger partial charge in [0.1, 0.15) is 11.5 Å². The normalized spacial score (nSPS) is 11.1. The van der Waals surface area contributed by atoms with E-state index in [-0.39, 0.29) is 12.5 Å². The second-order valence-electron chi connectivity index (χ2n) is 8.18. The lowest BCUT2D eigenvalue weighted by Gasteiger charge is -2.22. The molecule has 2 heterocycles. The Hall–Kier alpha value is -3.42. The molecule has 0 bridgehead atoms. The Kier molecular flexibility index (Phi) is 8.70. The van der Waals surface area contributed by atoms with Gasteiger partial charge in [-0.1, -0.05) is 48.5 Å². The van der Waals surface area contributed by atoms with Crippen LogP contribution in [0.2, 0.25) is 0 Å². The fourth-order valence-corrected chi connectivity index (χ4v) is 4.47. The standard InChI is InChI=1S/C28H30N2O4S/c1-3-32-27(31)20-30(18-22-9-5-4-6-10-22)19-23-11-7-12-24(17-23)33-15-14-25-21(2)34-28(29-25)26-13-8-16-35-26/h4-13,16-17H,3,14-15,18-20H2,1-2H3. The first-order valence-corrected chi connectivity index (χ1v) is 12.6. The van der Waals surface area contributed by atoms with E-state index >= 15 is 0 Å². The number of rotatable bonds is 12. The molecule has 0 spiro atoms. The van der Waals surface area contributed by atoms with Gasteiger partial charge in [0.15, 0.2) is 0 Å². The molecule has 0 radical (unpaired) electrons. The van der Waals surface area contributed by atoms with E-state index in [1.54, 1.807) is 11.3 Å². The summed E-state index contributed by atoms with van der Waals surface area (Å²) in [5.74, 6) is 2.05. The average molecular weight is 491 g/mol. The number of benzene rings is 2. The van der Waals surface area contributed by atoms with Gasteiger partial charge in [-0.2, -0.15) is 0 Å². The van der Waals surface area contributed by atoms with Crippen molar-refractivity contribution in [2.45, 2.75) is 33.4 Å². The summed E-state index contributed by atoms with van der Waals surface area (Å²) in [4.78, 5) is 19.9. The number of esters is 1. The van der Waals surface area contributed by atoms with E-state index in [4.69, 9.17) is 13.9 Å². The minimum Gasteiger partial charge on any atom is -0.493 e. The van der Waals surface area contributed by atoms with Gasteiger partial charge in [0, 0.05) is 19.5 Å². The number of aryl methyl sites for hydroxylation is 1. The molecule has 0 amide bonds. The summed E-state index contributed by atoms with van der Waals surface area (Å²) in [6, 6.07) is 22.1. The summed E-state index contributed by atoms with van der Waals surface area (Å²) < 4.78 is 17.0. The number of thiophene rings is 1. The third kappa shape index (κ3) is 7.28. The van der Waals surface area contributed by atoms with Crippen molar-refractivity contribution in [1.82, 2.24) is 9.88 Å². The van der Waals surface area contributed by atoms with Crippen molar-refractivity contribution in [1.29, 1.82) is 0 Å². The molecule has 0 saturated carbocycles. The van der Waals surface area contributed by atoms with Crippen molar-refractivity contribution in [2.24, 2.45) is 0 Å². The van der Waals surface area contributed by atoms with E-state index in [9.17, 15) is 4.79 Å². The Bertz CT molecular complexity index is 1200. The number of nitrogens with zero attached hydrogens (tertiary/aromatic N) is 2. The van der Waals surface area contributed by atoms with Gasteiger partial charge < -0.3 is 13.9 Å². The molecule has 2 aromatic carbocycles. The van der Waals surface area contributed by atoms with Crippen LogP contribution >= 0.6 is 11.3 Å². The number of ether oxygens (including phenoxy) is 2. The van der Waals surface area contributed by atoms with Gasteiger partial charge in [0.25, 0.3) is 0 Å². The van der Waals surface area contributed by atoms with Crippen LogP contribution in [0, 0.1) is 6.92 Å². The van der Waals surface area contributed by atoms with E-state index < -0.39 is 0 Å². The van der Waals surface area contributed by atoms with Crippen molar-refractivity contribution in [3.8, 4) is 16.5 Å². The highest BCUT2D eigenvalue weighted by Crippen LogP contribution is 2.26. The molecule has 0 N–H and O–H groups in total. The predicted octanol–water partition coefficient (Wildman–Crippen LogP) is 5.90. The number of hydrogen-bond donors (Lipinski definition) is 0. The summed E-state index contributed by atoms with van der Waals surface area (Å²) >= 11 is 1.61. The quantitative estimate of drug-likeness (QED) is 0.231. The first-order chi connectivity index (χ1) is 17.1. The van der Waals surface area contributed by atoms with E-state index in [1.807, 2.05) is 73.8 Å². The van der Waals surface area contributed by atoms with Crippen LogP contribution in [0.3, 0.4) is 0 Å². The summed E-state index contributed by atoms with van der Waals surface area (Å²) in [5, 5.41) is 2.01. The summed E-state index contributed by atoms with van der Waals surface area (Å²) in [7, 11) is 0. The maximum Gasteiger partial charge on any atom is 0.320 e. The first kappa shape index (κ1) is 24.7. The van der Waals surface area contributed by atoms with Crippen LogP contribution in [0.25, 0.3) is 10.8 Å². The Morgan fingerprint density at radius 1 is 1.03 bits per heavy atom. The van der Waals surface area contributed by atoms with Crippen LogP contribution in [0.5, 0.6) is 5.75 Å². The molecule has 2 aromatic heterocycles. The molecular formula is C28H30N2O4S. The number of hydrogen-bond acceptors (Lipinski definition) is 7. The third-order valence-electron chi connectivity index (χ3n) is 5.44. The van der Waals surface area contributed by atoms with Crippen LogP contribution in [0.1, 0.15) is 29.5 Å². The highest BCUT2D eigenvalue weighted by molar-refractivity contribution is 7.13. The van der Waals surface area contributed by atoms with Crippen molar-refractivity contribution in [3.05, 3.63) is 94.7 Å². The Morgan fingerprint density at radius 2 is 1.83 bits per heavy atom. The van der Waals surface area contributed by atoms with Crippen LogP contribution in [0.4, 0.5) is 0 Å². The largest absolute Gasteiger partial charge is 0.493 e. The van der Waals surface area contributed by atoms with Crippen molar-refractivity contribution < 1.29 is 18.7 Å². The molecule has 0 aliphatic heterocycles. The van der Waals surface area contributed by atoms with Gasteiger partial charge in [-0.15, -0.1) is 11.3 Å². The molecule has 0 aliphatic rings. The zero-order chi connectivity index (χ0) is 24.5. The summed E-state index contributed by atoms with van der Waals surface area (Å²) in [6.07, 6.45) is 0.661. The number of carbonyl (C=O) groups is 1. The minimum absolute atomic E-state index is 0.222. The van der Waals surface area contributed by atoms with Gasteiger partial charge in [0.05, 0.1) is 30.3 Å². The monoisotopic (exact) mass is 490 g/mol. The molecule has 4 rings (SSSR count). The van der Waals surface area contributed by atoms with Gasteiger partial charge in [0.2, 0.25) is 5.89 Å². The van der Waals surface area contributed by atoms with Gasteiger partial charge in [-0.05, 0) is 48.6 Å². The zero-order valence-corrected chi connectivity index (χ0v) is 20.9. The summed E-state index contributed by atoms with van der Waals surface area (Å²) in [5.41, 5.74) is 3.13. The van der Waals surface area contributed by atoms with Crippen LogP contribution in [0.15, 0.2) is 76.5 Å². The molecule has 0 aliphatic carbocycles. The van der Waals surface area contributed by atoms with Gasteiger partial charge in [-0.3, -0.25) is 9.69 Å². The van der Waals surface area contributed by atoms with E-state index in [1.165, 1.54) is 0 Å². The molecule has 6 nitrogen and oxygen atoms in total. The average Bonchev–Trinajstić information content (AvgIpc) is 3.50. The fraction of sp³-hybridized carbons (Fsp3) is 0.286. The Morgan fingerprint density at radius 3 is 2.60 bits per heavy atom. The van der Waals surface area contributed by atoms with E-state index in [0.29, 0.717) is 38.6 Å². The van der Waals surface area contributed by atoms with Crippen molar-refractivity contribution in [3.63, 3.8) is 0 Å². The lowest BCUT2D eigenvalue weighted by atomic mass is 10.1. The molecule has 0 saturated heterocycles. The zero-order valence-electron chi connectivity index (χ0n) is 20.1. The third-order valence-corrected chi connectivity index (χ3v) is 6.30. The Balaban J connectivity index is 1.36. The maximum atomic E-state index is 12.2. The number of carbonyl (C=O) groups excluding carboxylic acids is 1. The highest BCUT2D eigenvalue weighted by atomic mass is 32.1. The molecule has 0 fully saturated rings. The smallest absolute Gasteiger partial charge is 0.320 e. The lowest BCUT2D eigenvalue weighted by Crippen LogP contribution is -2.30. The van der Waals surface area contributed by atoms with Crippen molar-refractivity contribution >= 4 is 17.3 Å². The number of oxazole rings is 1. The molecule has 4 aromatic rings. The summed E-state index contributed by atoms with van der Waals surface area (Å²) in [6.45, 7) is 6.12. The number of aromatic nitrogens is 1. The lowest BCUT2D eigenvalue weighted by molar-refractivity contribution is -0.144. The van der Waals surface area contributed by atoms with E-state index in [2.05, 4.69) is 22.0 Å². The molecule has 0 unspecified atom stereocenters. The molecule has 0 atom stereocenters. The topological polar surface area (TPSA) is 64.8 Å². The predicted molar refractivity (Wildman–Crippen MR) is 137 cm³/mol. The maximum absolute atomic E-state index is 12.2. The molecule has 35 heavy (non-hydrogen) atoms. The van der Waals surface area contributed by atoms with Gasteiger partial charge in [-0.25, -0.2) is 4.98 Å². The first-order valence-electron chi connectivity index (χ1n) is 11.7. The van der Waals surface area contributed by atoms with Crippen LogP contribution in [-0.4, -0.2) is 35.6 Å². The molecule has 182 valence electrons. The van der Waals surface area contributed by atoms with Crippen LogP contribution < -0.4 is 4.74 Å².